The normalized spacial score (nSPS) is 15.1. The van der Waals surface area contributed by atoms with Gasteiger partial charge in [-0.05, 0) is 43.3 Å². The molecule has 1 saturated heterocycles. The van der Waals surface area contributed by atoms with E-state index in [1.807, 2.05) is 46.9 Å². The van der Waals surface area contributed by atoms with Crippen LogP contribution in [0.15, 0.2) is 53.7 Å². The van der Waals surface area contributed by atoms with Crippen LogP contribution in [0.5, 0.6) is 0 Å². The van der Waals surface area contributed by atoms with Crippen LogP contribution < -0.4 is 4.80 Å². The molecule has 3 aromatic rings. The van der Waals surface area contributed by atoms with E-state index in [0.717, 1.165) is 43.2 Å². The van der Waals surface area contributed by atoms with Crippen molar-refractivity contribution in [1.29, 1.82) is 0 Å². The zero-order valence-corrected chi connectivity index (χ0v) is 21.5. The lowest BCUT2D eigenvalue weighted by atomic mass is 10.1. The molecule has 2 aromatic carbocycles. The smallest absolute Gasteiger partial charge is 0.281 e. The van der Waals surface area contributed by atoms with Gasteiger partial charge in [0.15, 0.2) is 4.80 Å². The summed E-state index contributed by atoms with van der Waals surface area (Å²) >= 11 is 13.6. The Hall–Kier alpha value is -2.45. The highest BCUT2D eigenvalue weighted by atomic mass is 35.5. The Balaban J connectivity index is 1.61. The maximum Gasteiger partial charge on any atom is 0.281 e. The number of carbonyl (C=O) groups excluding carboxylic acids is 2. The summed E-state index contributed by atoms with van der Waals surface area (Å²) < 4.78 is 1.91. The molecule has 0 saturated carbocycles. The van der Waals surface area contributed by atoms with Gasteiger partial charge in [-0.1, -0.05) is 48.3 Å². The van der Waals surface area contributed by atoms with E-state index in [4.69, 9.17) is 23.2 Å². The first kappa shape index (κ1) is 24.7. The highest BCUT2D eigenvalue weighted by molar-refractivity contribution is 7.09. The van der Waals surface area contributed by atoms with Gasteiger partial charge in [-0.2, -0.15) is 4.99 Å². The zero-order valence-electron chi connectivity index (χ0n) is 19.1. The van der Waals surface area contributed by atoms with Crippen LogP contribution in [0.25, 0.3) is 0 Å². The van der Waals surface area contributed by atoms with E-state index in [0.29, 0.717) is 27.5 Å². The van der Waals surface area contributed by atoms with E-state index in [2.05, 4.69) is 16.8 Å². The molecule has 0 spiro atoms. The molecule has 0 N–H and O–H groups in total. The SMILES string of the molecule is CCN1CCN(C(=O)c2ccccc2Cn2cc(C)sc2=NC(=O)c2ccc(Cl)cc2Cl)CC1. The second-order valence-corrected chi connectivity index (χ2v) is 10.2. The molecule has 4 rings (SSSR count). The number of nitrogens with zero attached hydrogens (tertiary/aromatic N) is 4. The quantitative estimate of drug-likeness (QED) is 0.492. The van der Waals surface area contributed by atoms with E-state index in [9.17, 15) is 9.59 Å². The third-order valence-corrected chi connectivity index (χ3v) is 7.37. The summed E-state index contributed by atoms with van der Waals surface area (Å²) in [6.45, 7) is 8.76. The van der Waals surface area contributed by atoms with Gasteiger partial charge in [0.25, 0.3) is 11.8 Å². The number of hydrogen-bond acceptors (Lipinski definition) is 4. The summed E-state index contributed by atoms with van der Waals surface area (Å²) in [6.07, 6.45) is 1.95. The Morgan fingerprint density at radius 3 is 2.47 bits per heavy atom. The second kappa shape index (κ2) is 10.9. The summed E-state index contributed by atoms with van der Waals surface area (Å²) in [4.78, 5) is 36.3. The number of benzene rings is 2. The predicted octanol–water partition coefficient (Wildman–Crippen LogP) is 4.73. The number of aryl methyl sites for hydroxylation is 1. The van der Waals surface area contributed by atoms with Gasteiger partial charge in [-0.3, -0.25) is 9.59 Å². The molecule has 9 heteroatoms. The molecule has 0 radical (unpaired) electrons. The number of rotatable bonds is 5. The number of hydrogen-bond donors (Lipinski definition) is 0. The van der Waals surface area contributed by atoms with E-state index < -0.39 is 5.91 Å². The van der Waals surface area contributed by atoms with Crippen molar-refractivity contribution in [2.45, 2.75) is 20.4 Å². The molecule has 0 aliphatic carbocycles. The predicted molar refractivity (Wildman–Crippen MR) is 137 cm³/mol. The van der Waals surface area contributed by atoms with Gasteiger partial charge >= 0.3 is 0 Å². The van der Waals surface area contributed by atoms with Gasteiger partial charge in [0.2, 0.25) is 0 Å². The minimum absolute atomic E-state index is 0.0430. The minimum atomic E-state index is -0.435. The van der Waals surface area contributed by atoms with Crippen LogP contribution in [-0.4, -0.2) is 58.9 Å². The Morgan fingerprint density at radius 1 is 1.03 bits per heavy atom. The zero-order chi connectivity index (χ0) is 24.2. The molecule has 178 valence electrons. The van der Waals surface area contributed by atoms with Crippen molar-refractivity contribution in [2.75, 3.05) is 32.7 Å². The molecule has 1 aromatic heterocycles. The van der Waals surface area contributed by atoms with Crippen molar-refractivity contribution in [3.8, 4) is 0 Å². The van der Waals surface area contributed by atoms with Crippen molar-refractivity contribution >= 4 is 46.4 Å². The molecule has 0 bridgehead atoms. The van der Waals surface area contributed by atoms with Crippen LogP contribution in [0.3, 0.4) is 0 Å². The Labute approximate surface area is 213 Å². The number of halogens is 2. The fourth-order valence-electron chi connectivity index (χ4n) is 4.00. The van der Waals surface area contributed by atoms with Crippen molar-refractivity contribution in [3.05, 3.63) is 85.1 Å². The van der Waals surface area contributed by atoms with Gasteiger partial charge in [-0.25, -0.2) is 0 Å². The average Bonchev–Trinajstić information content (AvgIpc) is 3.17. The summed E-state index contributed by atoms with van der Waals surface area (Å²) in [5.41, 5.74) is 1.87. The van der Waals surface area contributed by atoms with Crippen LogP contribution in [0, 0.1) is 6.92 Å². The molecular weight excluding hydrogens is 491 g/mol. The first-order valence-corrected chi connectivity index (χ1v) is 12.7. The number of aromatic nitrogens is 1. The van der Waals surface area contributed by atoms with Crippen molar-refractivity contribution in [3.63, 3.8) is 0 Å². The third kappa shape index (κ3) is 5.61. The van der Waals surface area contributed by atoms with E-state index >= 15 is 0 Å². The van der Waals surface area contributed by atoms with Crippen LogP contribution in [-0.2, 0) is 6.54 Å². The fourth-order valence-corrected chi connectivity index (χ4v) is 5.32. The lowest BCUT2D eigenvalue weighted by Gasteiger charge is -2.34. The van der Waals surface area contributed by atoms with Crippen LogP contribution >= 0.6 is 34.5 Å². The number of piperazine rings is 1. The topological polar surface area (TPSA) is 57.9 Å². The summed E-state index contributed by atoms with van der Waals surface area (Å²) in [5, 5.41) is 0.723. The first-order valence-electron chi connectivity index (χ1n) is 11.2. The summed E-state index contributed by atoms with van der Waals surface area (Å²) in [5.74, 6) is -0.392. The summed E-state index contributed by atoms with van der Waals surface area (Å²) in [7, 11) is 0. The van der Waals surface area contributed by atoms with E-state index in [-0.39, 0.29) is 10.9 Å². The molecule has 1 aliphatic heterocycles. The van der Waals surface area contributed by atoms with E-state index in [1.165, 1.54) is 17.4 Å². The maximum atomic E-state index is 13.3. The standard InChI is InChI=1S/C25H26Cl2N4O2S/c1-3-29-10-12-30(13-11-29)24(33)20-7-5-4-6-18(20)16-31-15-17(2)34-25(31)28-23(32)21-9-8-19(26)14-22(21)27/h4-9,14-15H,3,10-13,16H2,1-2H3. The molecule has 0 unspecified atom stereocenters. The first-order chi connectivity index (χ1) is 16.4. The molecule has 1 fully saturated rings. The highest BCUT2D eigenvalue weighted by Crippen LogP contribution is 2.22. The molecule has 0 atom stereocenters. The fraction of sp³-hybridized carbons (Fsp3) is 0.320. The van der Waals surface area contributed by atoms with Gasteiger partial charge < -0.3 is 14.4 Å². The molecule has 2 amide bonds. The van der Waals surface area contributed by atoms with Crippen molar-refractivity contribution in [2.24, 2.45) is 4.99 Å². The average molecular weight is 517 g/mol. The number of likely N-dealkylation sites (N-methyl/N-ethyl adjacent to an activating group) is 1. The number of amides is 2. The molecule has 1 aliphatic rings. The van der Waals surface area contributed by atoms with Crippen LogP contribution in [0.2, 0.25) is 10.0 Å². The molecule has 2 heterocycles. The molecule has 6 nitrogen and oxygen atoms in total. The van der Waals surface area contributed by atoms with Gasteiger partial charge in [0, 0.05) is 47.8 Å². The molecule has 34 heavy (non-hydrogen) atoms. The minimum Gasteiger partial charge on any atom is -0.336 e. The second-order valence-electron chi connectivity index (χ2n) is 8.18. The Morgan fingerprint density at radius 2 is 1.76 bits per heavy atom. The number of thiazole rings is 1. The van der Waals surface area contributed by atoms with Crippen LogP contribution in [0.1, 0.15) is 38.1 Å². The van der Waals surface area contributed by atoms with Gasteiger partial charge in [0.1, 0.15) is 0 Å². The largest absolute Gasteiger partial charge is 0.336 e. The van der Waals surface area contributed by atoms with Gasteiger partial charge in [0.05, 0.1) is 17.1 Å². The van der Waals surface area contributed by atoms with Gasteiger partial charge in [-0.15, -0.1) is 11.3 Å². The van der Waals surface area contributed by atoms with Crippen molar-refractivity contribution < 1.29 is 9.59 Å². The Kier molecular flexibility index (Phi) is 7.88. The van der Waals surface area contributed by atoms with Crippen molar-refractivity contribution in [1.82, 2.24) is 14.4 Å². The highest BCUT2D eigenvalue weighted by Gasteiger charge is 2.23. The summed E-state index contributed by atoms with van der Waals surface area (Å²) in [6, 6.07) is 12.4. The monoisotopic (exact) mass is 516 g/mol. The van der Waals surface area contributed by atoms with Crippen LogP contribution in [0.4, 0.5) is 0 Å². The lowest BCUT2D eigenvalue weighted by Crippen LogP contribution is -2.48. The Bertz CT molecular complexity index is 1280. The maximum absolute atomic E-state index is 13.3. The van der Waals surface area contributed by atoms with E-state index in [1.54, 1.807) is 12.1 Å². The lowest BCUT2D eigenvalue weighted by molar-refractivity contribution is 0.0642. The molecular formula is C25H26Cl2N4O2S. The third-order valence-electron chi connectivity index (χ3n) is 5.89. The number of carbonyl (C=O) groups is 2.